The number of methoxy groups -OCH3 is 2. The Kier molecular flexibility index (Phi) is 12.5. The van der Waals surface area contributed by atoms with Crippen LogP contribution in [0, 0.1) is 5.92 Å². The highest BCUT2D eigenvalue weighted by Crippen LogP contribution is 2.36. The molecule has 0 bridgehead atoms. The number of carbonyl (C=O) groups is 2. The second kappa shape index (κ2) is 16.5. The lowest BCUT2D eigenvalue weighted by atomic mass is 9.96. The molecule has 5 atom stereocenters. The van der Waals surface area contributed by atoms with Crippen molar-refractivity contribution >= 4 is 18.0 Å². The molecule has 0 radical (unpaired) electrons. The van der Waals surface area contributed by atoms with Crippen LogP contribution in [0.2, 0.25) is 0 Å². The van der Waals surface area contributed by atoms with Crippen LogP contribution >= 0.6 is 0 Å². The summed E-state index contributed by atoms with van der Waals surface area (Å²) in [5.74, 6) is -1.89. The third kappa shape index (κ3) is 9.62. The molecule has 0 aromatic heterocycles. The van der Waals surface area contributed by atoms with E-state index in [1.165, 1.54) is 14.2 Å². The minimum Gasteiger partial charge on any atom is -0.467 e. The van der Waals surface area contributed by atoms with E-state index in [-0.39, 0.29) is 18.3 Å². The molecule has 0 aliphatic carbocycles. The highest BCUT2D eigenvalue weighted by molar-refractivity contribution is 5.98. The SMILES string of the molecule is COCOc1cc(-c2ccccc2)cc(/C=C/C[C@@H]2OC(C)(C)O[C@@H]2C(/C=C\[C@@H](C)[C@H](C)O)OC(=O)c2ccccc2)c1C(=O)OC. The number of carbonyl (C=O) groups excluding carboxylic acids is 2. The van der Waals surface area contributed by atoms with Gasteiger partial charge in [0.15, 0.2) is 12.6 Å². The molecule has 1 aliphatic rings. The van der Waals surface area contributed by atoms with E-state index in [9.17, 15) is 14.7 Å². The molecule has 1 aliphatic heterocycles. The molecule has 9 nitrogen and oxygen atoms in total. The maximum atomic E-state index is 13.2. The van der Waals surface area contributed by atoms with E-state index in [0.29, 0.717) is 23.3 Å². The summed E-state index contributed by atoms with van der Waals surface area (Å²) in [5, 5.41) is 10.1. The van der Waals surface area contributed by atoms with Gasteiger partial charge in [-0.2, -0.15) is 0 Å². The first-order valence-corrected chi connectivity index (χ1v) is 15.6. The highest BCUT2D eigenvalue weighted by atomic mass is 16.8. The molecular weight excluding hydrogens is 600 g/mol. The van der Waals surface area contributed by atoms with Crippen molar-refractivity contribution < 1.29 is 43.1 Å². The largest absolute Gasteiger partial charge is 0.467 e. The Morgan fingerprint density at radius 1 is 0.915 bits per heavy atom. The van der Waals surface area contributed by atoms with Crippen LogP contribution in [0.4, 0.5) is 0 Å². The molecule has 0 spiro atoms. The number of aliphatic hydroxyl groups is 1. The van der Waals surface area contributed by atoms with Crippen LogP contribution in [0.5, 0.6) is 5.75 Å². The summed E-state index contributed by atoms with van der Waals surface area (Å²) in [6, 6.07) is 22.2. The number of ether oxygens (including phenoxy) is 6. The van der Waals surface area contributed by atoms with Gasteiger partial charge in [0.1, 0.15) is 23.5 Å². The molecule has 250 valence electrons. The van der Waals surface area contributed by atoms with Crippen molar-refractivity contribution in [1.82, 2.24) is 0 Å². The van der Waals surface area contributed by atoms with Crippen molar-refractivity contribution in [2.45, 2.75) is 64.3 Å². The zero-order valence-electron chi connectivity index (χ0n) is 27.8. The summed E-state index contributed by atoms with van der Waals surface area (Å²) in [6.45, 7) is 7.13. The molecule has 1 unspecified atom stereocenters. The van der Waals surface area contributed by atoms with Crippen LogP contribution in [-0.2, 0) is 23.7 Å². The van der Waals surface area contributed by atoms with Gasteiger partial charge in [-0.3, -0.25) is 0 Å². The lowest BCUT2D eigenvalue weighted by molar-refractivity contribution is -0.152. The van der Waals surface area contributed by atoms with Gasteiger partial charge in [0.05, 0.1) is 24.9 Å². The third-order valence-electron chi connectivity index (χ3n) is 7.79. The van der Waals surface area contributed by atoms with Gasteiger partial charge in [-0.15, -0.1) is 0 Å². The Hall–Kier alpha value is -4.28. The number of hydrogen-bond acceptors (Lipinski definition) is 9. The number of benzene rings is 3. The fourth-order valence-electron chi connectivity index (χ4n) is 5.20. The fourth-order valence-corrected chi connectivity index (χ4v) is 5.20. The van der Waals surface area contributed by atoms with Crippen LogP contribution in [-0.4, -0.2) is 68.3 Å². The smallest absolute Gasteiger partial charge is 0.342 e. The average molecular weight is 645 g/mol. The summed E-state index contributed by atoms with van der Waals surface area (Å²) in [7, 11) is 2.83. The first-order valence-electron chi connectivity index (χ1n) is 15.6. The Morgan fingerprint density at radius 3 is 2.23 bits per heavy atom. The number of aliphatic hydroxyl groups excluding tert-OH is 1. The van der Waals surface area contributed by atoms with Gasteiger partial charge in [-0.05, 0) is 80.1 Å². The molecular formula is C38H44O9. The summed E-state index contributed by atoms with van der Waals surface area (Å²) < 4.78 is 34.7. The summed E-state index contributed by atoms with van der Waals surface area (Å²) in [6.07, 6.45) is 5.03. The zero-order chi connectivity index (χ0) is 34.0. The van der Waals surface area contributed by atoms with E-state index in [0.717, 1.165) is 11.1 Å². The second-order valence-electron chi connectivity index (χ2n) is 11.8. The van der Waals surface area contributed by atoms with Gasteiger partial charge in [0.25, 0.3) is 0 Å². The predicted molar refractivity (Wildman–Crippen MR) is 179 cm³/mol. The first kappa shape index (κ1) is 35.6. The molecule has 9 heteroatoms. The maximum Gasteiger partial charge on any atom is 0.342 e. The zero-order valence-corrected chi connectivity index (χ0v) is 27.8. The molecule has 1 fully saturated rings. The van der Waals surface area contributed by atoms with Gasteiger partial charge >= 0.3 is 11.9 Å². The molecule has 4 rings (SSSR count). The Labute approximate surface area is 276 Å². The van der Waals surface area contributed by atoms with Gasteiger partial charge in [-0.1, -0.05) is 73.7 Å². The maximum absolute atomic E-state index is 13.2. The lowest BCUT2D eigenvalue weighted by Crippen LogP contribution is -2.37. The van der Waals surface area contributed by atoms with E-state index >= 15 is 0 Å². The average Bonchev–Trinajstić information content (AvgIpc) is 3.39. The monoisotopic (exact) mass is 644 g/mol. The van der Waals surface area contributed by atoms with Gasteiger partial charge < -0.3 is 33.5 Å². The molecule has 0 amide bonds. The van der Waals surface area contributed by atoms with Crippen molar-refractivity contribution in [2.75, 3.05) is 21.0 Å². The molecule has 3 aromatic rings. The van der Waals surface area contributed by atoms with Gasteiger partial charge in [0.2, 0.25) is 0 Å². The first-order chi connectivity index (χ1) is 22.5. The number of esters is 2. The van der Waals surface area contributed by atoms with Crippen LogP contribution in [0.3, 0.4) is 0 Å². The topological polar surface area (TPSA) is 110 Å². The van der Waals surface area contributed by atoms with E-state index in [4.69, 9.17) is 28.4 Å². The van der Waals surface area contributed by atoms with E-state index in [1.54, 1.807) is 57.2 Å². The van der Waals surface area contributed by atoms with Crippen molar-refractivity contribution in [3.63, 3.8) is 0 Å². The minimum atomic E-state index is -0.962. The predicted octanol–water partition coefficient (Wildman–Crippen LogP) is 6.85. The lowest BCUT2D eigenvalue weighted by Gasteiger charge is -2.25. The van der Waals surface area contributed by atoms with Crippen LogP contribution in [0.25, 0.3) is 17.2 Å². The number of hydrogen-bond donors (Lipinski definition) is 1. The summed E-state index contributed by atoms with van der Waals surface area (Å²) >= 11 is 0. The van der Waals surface area contributed by atoms with E-state index in [1.807, 2.05) is 67.6 Å². The van der Waals surface area contributed by atoms with Gasteiger partial charge in [0, 0.05) is 7.11 Å². The Balaban J connectivity index is 1.68. The minimum absolute atomic E-state index is 0.0559. The van der Waals surface area contributed by atoms with Crippen molar-refractivity contribution in [3.8, 4) is 16.9 Å². The fraction of sp³-hybridized carbons (Fsp3) is 0.368. The van der Waals surface area contributed by atoms with Crippen molar-refractivity contribution in [3.05, 3.63) is 108 Å². The third-order valence-corrected chi connectivity index (χ3v) is 7.79. The highest BCUT2D eigenvalue weighted by Gasteiger charge is 2.45. The van der Waals surface area contributed by atoms with E-state index in [2.05, 4.69) is 0 Å². The van der Waals surface area contributed by atoms with Crippen molar-refractivity contribution in [1.29, 1.82) is 0 Å². The molecule has 1 N–H and O–H groups in total. The van der Waals surface area contributed by atoms with Crippen LogP contribution in [0.15, 0.2) is 91.0 Å². The van der Waals surface area contributed by atoms with E-state index < -0.39 is 42.1 Å². The quantitative estimate of drug-likeness (QED) is 0.115. The molecule has 1 heterocycles. The molecule has 3 aromatic carbocycles. The van der Waals surface area contributed by atoms with Crippen LogP contribution < -0.4 is 4.74 Å². The number of rotatable bonds is 14. The Morgan fingerprint density at radius 2 is 1.60 bits per heavy atom. The summed E-state index contributed by atoms with van der Waals surface area (Å²) in [5.41, 5.74) is 3.02. The van der Waals surface area contributed by atoms with Crippen molar-refractivity contribution in [2.24, 2.45) is 5.92 Å². The second-order valence-corrected chi connectivity index (χ2v) is 11.8. The van der Waals surface area contributed by atoms with Gasteiger partial charge in [-0.25, -0.2) is 9.59 Å². The molecule has 0 saturated carbocycles. The Bertz CT molecular complexity index is 1530. The molecule has 1 saturated heterocycles. The van der Waals surface area contributed by atoms with Crippen LogP contribution in [0.1, 0.15) is 60.4 Å². The molecule has 47 heavy (non-hydrogen) atoms. The summed E-state index contributed by atoms with van der Waals surface area (Å²) in [4.78, 5) is 26.2. The standard InChI is InChI=1S/C38H44O9/c1-25(26(2)39)20-21-31(45-36(40)28-16-11-8-12-17-28)35-32(46-38(3,4)47-35)19-13-18-29-22-30(27-14-9-7-10-15-27)23-33(44-24-42-5)34(29)37(41)43-6/h7-18,20-23,25-26,31-32,35,39H,19,24H2,1-6H3/b18-13+,21-20-/t25-,26+,31?,32+,35-/m1/s1. The normalized spacial score (nSPS) is 19.4.